The third kappa shape index (κ3) is 5.09. The summed E-state index contributed by atoms with van der Waals surface area (Å²) in [6.45, 7) is 4.05. The average Bonchev–Trinajstić information content (AvgIpc) is 3.64. The van der Waals surface area contributed by atoms with Crippen molar-refractivity contribution in [2.75, 3.05) is 31.0 Å². The van der Waals surface area contributed by atoms with Crippen LogP contribution in [0.3, 0.4) is 0 Å². The van der Waals surface area contributed by atoms with Crippen LogP contribution in [-0.4, -0.2) is 56.8 Å². The smallest absolute Gasteiger partial charge is 0.264 e. The minimum absolute atomic E-state index is 0.0863. The zero-order valence-corrected chi connectivity index (χ0v) is 21.6. The summed E-state index contributed by atoms with van der Waals surface area (Å²) in [4.78, 5) is 40.9. The van der Waals surface area contributed by atoms with Crippen LogP contribution in [0, 0.1) is 5.92 Å². The number of carbonyl (C=O) groups excluding carboxylic acids is 3. The number of fused-ring (bicyclic) bond motifs is 1. The third-order valence-corrected chi connectivity index (χ3v) is 7.26. The molecule has 0 bridgehead atoms. The first-order valence-electron chi connectivity index (χ1n) is 11.9. The van der Waals surface area contributed by atoms with E-state index in [2.05, 4.69) is 5.32 Å². The van der Waals surface area contributed by atoms with Crippen molar-refractivity contribution in [1.82, 2.24) is 4.90 Å². The van der Waals surface area contributed by atoms with Gasteiger partial charge in [-0.3, -0.25) is 19.3 Å². The van der Waals surface area contributed by atoms with E-state index in [0.29, 0.717) is 30.1 Å². The summed E-state index contributed by atoms with van der Waals surface area (Å²) in [5.74, 6) is -1.18. The molecule has 10 heteroatoms. The Morgan fingerprint density at radius 2 is 1.83 bits per heavy atom. The molecule has 1 aliphatic carbocycles. The maximum absolute atomic E-state index is 13.7. The van der Waals surface area contributed by atoms with Gasteiger partial charge in [-0.1, -0.05) is 13.0 Å². The van der Waals surface area contributed by atoms with Crippen molar-refractivity contribution in [2.24, 2.45) is 5.92 Å². The highest BCUT2D eigenvalue weighted by Crippen LogP contribution is 2.40. The first-order valence-corrected chi connectivity index (χ1v) is 14.0. The molecule has 2 aliphatic rings. The fourth-order valence-electron chi connectivity index (χ4n) is 4.38. The number of aryl methyl sites for hydroxylation is 1. The minimum atomic E-state index is -3.62. The van der Waals surface area contributed by atoms with Crippen molar-refractivity contribution in [1.29, 1.82) is 0 Å². The van der Waals surface area contributed by atoms with Crippen LogP contribution in [0.1, 0.15) is 64.6 Å². The Balaban J connectivity index is 1.81. The van der Waals surface area contributed by atoms with E-state index in [1.807, 2.05) is 6.92 Å². The fraction of sp³-hybridized carbons (Fsp3) is 0.423. The number of nitrogens with one attached hydrogen (secondary N) is 1. The predicted molar refractivity (Wildman–Crippen MR) is 134 cm³/mol. The lowest BCUT2D eigenvalue weighted by Crippen LogP contribution is -2.37. The summed E-state index contributed by atoms with van der Waals surface area (Å²) in [5, 5.41) is 2.82. The largest absolute Gasteiger partial charge is 0.493 e. The summed E-state index contributed by atoms with van der Waals surface area (Å²) in [5.41, 5.74) is 1.72. The zero-order chi connectivity index (χ0) is 26.2. The van der Waals surface area contributed by atoms with Crippen LogP contribution in [0.15, 0.2) is 30.3 Å². The number of benzene rings is 2. The van der Waals surface area contributed by atoms with Gasteiger partial charge in [0, 0.05) is 12.2 Å². The zero-order valence-electron chi connectivity index (χ0n) is 20.8. The van der Waals surface area contributed by atoms with Gasteiger partial charge in [0.25, 0.3) is 11.8 Å². The SMILES string of the molecule is CCOc1cc([C@@H](CS(C)(=O)=O)N2C(=O)c3cc(CC)cc(NC(=O)C4CC4)c3C2=O)ccc1OC. The number of sulfone groups is 1. The van der Waals surface area contributed by atoms with Crippen molar-refractivity contribution < 1.29 is 32.3 Å². The molecule has 3 amide bonds. The molecule has 0 aromatic heterocycles. The van der Waals surface area contributed by atoms with Crippen LogP contribution < -0.4 is 14.8 Å². The van der Waals surface area contributed by atoms with Crippen molar-refractivity contribution in [3.05, 3.63) is 52.6 Å². The summed E-state index contributed by atoms with van der Waals surface area (Å²) >= 11 is 0. The van der Waals surface area contributed by atoms with E-state index < -0.39 is 33.4 Å². The number of hydrogen-bond acceptors (Lipinski definition) is 7. The molecule has 1 atom stereocenters. The Bertz CT molecular complexity index is 1330. The van der Waals surface area contributed by atoms with E-state index in [4.69, 9.17) is 9.47 Å². The van der Waals surface area contributed by atoms with Gasteiger partial charge in [0.2, 0.25) is 5.91 Å². The molecule has 1 heterocycles. The number of imide groups is 1. The second-order valence-electron chi connectivity index (χ2n) is 9.11. The predicted octanol–water partition coefficient (Wildman–Crippen LogP) is 3.39. The average molecular weight is 515 g/mol. The topological polar surface area (TPSA) is 119 Å². The van der Waals surface area contributed by atoms with Crippen molar-refractivity contribution in [3.63, 3.8) is 0 Å². The van der Waals surface area contributed by atoms with Crippen LogP contribution in [0.25, 0.3) is 0 Å². The Morgan fingerprint density at radius 3 is 2.42 bits per heavy atom. The Labute approximate surface area is 210 Å². The van der Waals surface area contributed by atoms with Crippen molar-refractivity contribution in [3.8, 4) is 11.5 Å². The molecule has 0 saturated heterocycles. The summed E-state index contributed by atoms with van der Waals surface area (Å²) in [7, 11) is -2.13. The standard InChI is InChI=1S/C26H30N2O7S/c1-5-15-11-18-23(19(12-15)27-24(29)16-7-8-16)26(31)28(25(18)30)20(14-36(4,32)33)17-9-10-21(34-3)22(13-17)35-6-2/h9-13,16,20H,5-8,14H2,1-4H3,(H,27,29)/t20-/m1/s1. The van der Waals surface area contributed by atoms with Gasteiger partial charge in [-0.2, -0.15) is 0 Å². The van der Waals surface area contributed by atoms with Gasteiger partial charge in [0.15, 0.2) is 11.5 Å². The van der Waals surface area contributed by atoms with E-state index >= 15 is 0 Å². The second-order valence-corrected chi connectivity index (χ2v) is 11.3. The molecule has 2 aromatic carbocycles. The van der Waals surface area contributed by atoms with Gasteiger partial charge in [0.1, 0.15) is 9.84 Å². The number of amides is 3. The van der Waals surface area contributed by atoms with Crippen LogP contribution in [0.4, 0.5) is 5.69 Å². The molecule has 0 spiro atoms. The van der Waals surface area contributed by atoms with E-state index in [1.165, 1.54) is 7.11 Å². The maximum atomic E-state index is 13.7. The molecule has 2 aromatic rings. The fourth-order valence-corrected chi connectivity index (χ4v) is 5.30. The van der Waals surface area contributed by atoms with E-state index in [0.717, 1.165) is 29.6 Å². The van der Waals surface area contributed by atoms with Crippen molar-refractivity contribution in [2.45, 2.75) is 39.2 Å². The maximum Gasteiger partial charge on any atom is 0.264 e. The molecule has 0 unspecified atom stereocenters. The molecule has 1 N–H and O–H groups in total. The van der Waals surface area contributed by atoms with Gasteiger partial charge in [0.05, 0.1) is 42.3 Å². The lowest BCUT2D eigenvalue weighted by atomic mass is 10.0. The van der Waals surface area contributed by atoms with Gasteiger partial charge < -0.3 is 14.8 Å². The lowest BCUT2D eigenvalue weighted by Gasteiger charge is -2.27. The Hall–Kier alpha value is -3.40. The monoisotopic (exact) mass is 514 g/mol. The van der Waals surface area contributed by atoms with Crippen LogP contribution in [0.2, 0.25) is 0 Å². The summed E-state index contributed by atoms with van der Waals surface area (Å²) in [6, 6.07) is 7.07. The summed E-state index contributed by atoms with van der Waals surface area (Å²) < 4.78 is 35.8. The molecule has 9 nitrogen and oxygen atoms in total. The number of ether oxygens (including phenoxy) is 2. The van der Waals surface area contributed by atoms with Gasteiger partial charge in [-0.15, -0.1) is 0 Å². The first kappa shape index (κ1) is 25.7. The van der Waals surface area contributed by atoms with Crippen LogP contribution in [-0.2, 0) is 21.1 Å². The first-order chi connectivity index (χ1) is 17.1. The molecular weight excluding hydrogens is 484 g/mol. The quantitative estimate of drug-likeness (QED) is 0.483. The normalized spacial score (nSPS) is 16.1. The highest BCUT2D eigenvalue weighted by molar-refractivity contribution is 7.90. The third-order valence-electron chi connectivity index (χ3n) is 6.34. The molecule has 4 rings (SSSR count). The number of nitrogens with zero attached hydrogens (tertiary/aromatic N) is 1. The number of rotatable bonds is 10. The number of anilines is 1. The van der Waals surface area contributed by atoms with Crippen molar-refractivity contribution >= 4 is 33.2 Å². The lowest BCUT2D eigenvalue weighted by molar-refractivity contribution is -0.117. The molecule has 1 aliphatic heterocycles. The summed E-state index contributed by atoms with van der Waals surface area (Å²) in [6.07, 6.45) is 3.22. The van der Waals surface area contributed by atoms with Crippen LogP contribution >= 0.6 is 0 Å². The number of methoxy groups -OCH3 is 1. The van der Waals surface area contributed by atoms with Gasteiger partial charge >= 0.3 is 0 Å². The van der Waals surface area contributed by atoms with Gasteiger partial charge in [-0.25, -0.2) is 8.42 Å². The molecule has 36 heavy (non-hydrogen) atoms. The highest BCUT2D eigenvalue weighted by atomic mass is 32.2. The number of carbonyl (C=O) groups is 3. The van der Waals surface area contributed by atoms with E-state index in [1.54, 1.807) is 37.3 Å². The second kappa shape index (κ2) is 9.93. The van der Waals surface area contributed by atoms with E-state index in [-0.39, 0.29) is 28.6 Å². The molecule has 192 valence electrons. The molecular formula is C26H30N2O7S. The Kier molecular flexibility index (Phi) is 7.08. The number of hydrogen-bond donors (Lipinski definition) is 1. The van der Waals surface area contributed by atoms with E-state index in [9.17, 15) is 22.8 Å². The molecule has 1 saturated carbocycles. The minimum Gasteiger partial charge on any atom is -0.493 e. The van der Waals surface area contributed by atoms with Crippen LogP contribution in [0.5, 0.6) is 11.5 Å². The Morgan fingerprint density at radius 1 is 1.11 bits per heavy atom. The molecule has 0 radical (unpaired) electrons. The van der Waals surface area contributed by atoms with Gasteiger partial charge in [-0.05, 0) is 61.6 Å². The molecule has 1 fully saturated rings. The highest BCUT2D eigenvalue weighted by Gasteiger charge is 2.44.